The van der Waals surface area contributed by atoms with Crippen LogP contribution in [0.2, 0.25) is 0 Å². The van der Waals surface area contributed by atoms with Gasteiger partial charge in [0.15, 0.2) is 11.5 Å². The van der Waals surface area contributed by atoms with Gasteiger partial charge in [-0.25, -0.2) is 0 Å². The Kier molecular flexibility index (Phi) is 3.40. The molecule has 0 heterocycles. The van der Waals surface area contributed by atoms with Crippen LogP contribution in [-0.4, -0.2) is 16.8 Å². The summed E-state index contributed by atoms with van der Waals surface area (Å²) in [4.78, 5) is 0. The number of allylic oxidation sites excluding steroid dienone is 1. The lowest BCUT2D eigenvalue weighted by Gasteiger charge is -2.11. The van der Waals surface area contributed by atoms with Crippen molar-refractivity contribution in [2.24, 2.45) is 0 Å². The second kappa shape index (κ2) is 4.56. The third kappa shape index (κ3) is 1.99. The van der Waals surface area contributed by atoms with Crippen LogP contribution < -0.4 is 4.74 Å². The van der Waals surface area contributed by atoms with E-state index >= 15 is 0 Å². The van der Waals surface area contributed by atoms with Gasteiger partial charge in [0.1, 0.15) is 5.75 Å². The van der Waals surface area contributed by atoms with Crippen molar-refractivity contribution in [3.8, 4) is 17.2 Å². The summed E-state index contributed by atoms with van der Waals surface area (Å²) < 4.78 is 5.24. The lowest BCUT2D eigenvalue weighted by atomic mass is 10.1. The van der Waals surface area contributed by atoms with Gasteiger partial charge in [0.25, 0.3) is 0 Å². The summed E-state index contributed by atoms with van der Waals surface area (Å²) in [6.45, 7) is 5.85. The minimum atomic E-state index is 0.0431. The Morgan fingerprint density at radius 3 is 2.57 bits per heavy atom. The van der Waals surface area contributed by atoms with Gasteiger partial charge in [-0.05, 0) is 25.5 Å². The largest absolute Gasteiger partial charge is 0.508 e. The third-order valence-electron chi connectivity index (χ3n) is 1.85. The van der Waals surface area contributed by atoms with Crippen LogP contribution in [0.5, 0.6) is 17.2 Å². The number of phenols is 2. The van der Waals surface area contributed by atoms with Crippen LogP contribution in [0, 0.1) is 0 Å². The van der Waals surface area contributed by atoms with Crippen molar-refractivity contribution >= 4 is 0 Å². The monoisotopic (exact) mass is 194 g/mol. The van der Waals surface area contributed by atoms with E-state index in [-0.39, 0.29) is 11.5 Å². The number of phenolic OH excluding ortho intramolecular Hbond substituents is 2. The molecular weight excluding hydrogens is 180 g/mol. The zero-order chi connectivity index (χ0) is 10.6. The molecule has 0 atom stereocenters. The number of hydrogen-bond donors (Lipinski definition) is 2. The molecule has 3 heteroatoms. The predicted octanol–water partition coefficient (Wildman–Crippen LogP) is 2.22. The summed E-state index contributed by atoms with van der Waals surface area (Å²) in [6, 6.07) is 2.85. The molecule has 0 aliphatic carbocycles. The molecule has 0 bridgehead atoms. The number of ether oxygens (including phenoxy) is 1. The van der Waals surface area contributed by atoms with Gasteiger partial charge < -0.3 is 14.9 Å². The maximum atomic E-state index is 9.53. The minimum absolute atomic E-state index is 0.0431. The first-order valence-corrected chi connectivity index (χ1v) is 4.48. The fourth-order valence-electron chi connectivity index (χ4n) is 1.25. The normalized spacial score (nSPS) is 9.79. The molecule has 0 fully saturated rings. The highest BCUT2D eigenvalue weighted by Crippen LogP contribution is 2.36. The molecule has 0 radical (unpaired) electrons. The summed E-state index contributed by atoms with van der Waals surface area (Å²) >= 11 is 0. The fourth-order valence-corrected chi connectivity index (χ4v) is 1.25. The second-order valence-electron chi connectivity index (χ2n) is 2.84. The average molecular weight is 194 g/mol. The average Bonchev–Trinajstić information content (AvgIpc) is 2.17. The second-order valence-corrected chi connectivity index (χ2v) is 2.84. The third-order valence-corrected chi connectivity index (χ3v) is 1.85. The first-order chi connectivity index (χ1) is 6.70. The van der Waals surface area contributed by atoms with E-state index < -0.39 is 0 Å². The van der Waals surface area contributed by atoms with Crippen molar-refractivity contribution in [1.82, 2.24) is 0 Å². The van der Waals surface area contributed by atoms with Gasteiger partial charge in [0, 0.05) is 5.56 Å². The SMILES string of the molecule is C=CCc1c(O)ccc(O)c1OCC. The highest BCUT2D eigenvalue weighted by Gasteiger charge is 2.12. The molecule has 2 N–H and O–H groups in total. The lowest BCUT2D eigenvalue weighted by molar-refractivity contribution is 0.312. The number of hydrogen-bond acceptors (Lipinski definition) is 3. The van der Waals surface area contributed by atoms with E-state index in [1.54, 1.807) is 6.08 Å². The van der Waals surface area contributed by atoms with Gasteiger partial charge in [-0.1, -0.05) is 6.08 Å². The Hall–Kier alpha value is -1.64. The van der Waals surface area contributed by atoms with Crippen LogP contribution >= 0.6 is 0 Å². The first kappa shape index (κ1) is 10.4. The molecule has 0 spiro atoms. The Bertz CT molecular complexity index is 332. The molecule has 1 aromatic rings. The zero-order valence-corrected chi connectivity index (χ0v) is 8.16. The number of rotatable bonds is 4. The van der Waals surface area contributed by atoms with Crippen LogP contribution in [-0.2, 0) is 6.42 Å². The van der Waals surface area contributed by atoms with Crippen LogP contribution in [0.25, 0.3) is 0 Å². The molecule has 0 amide bonds. The Morgan fingerprint density at radius 1 is 1.36 bits per heavy atom. The molecule has 76 valence electrons. The summed E-state index contributed by atoms with van der Waals surface area (Å²) in [5, 5.41) is 19.0. The van der Waals surface area contributed by atoms with Crippen LogP contribution in [0.15, 0.2) is 24.8 Å². The molecule has 0 aliphatic rings. The van der Waals surface area contributed by atoms with Gasteiger partial charge in [0.2, 0.25) is 0 Å². The van der Waals surface area contributed by atoms with Gasteiger partial charge in [-0.2, -0.15) is 0 Å². The Morgan fingerprint density at radius 2 is 2.00 bits per heavy atom. The first-order valence-electron chi connectivity index (χ1n) is 4.48. The molecule has 3 nitrogen and oxygen atoms in total. The molecule has 1 rings (SSSR count). The van der Waals surface area contributed by atoms with E-state index in [0.717, 1.165) is 0 Å². The smallest absolute Gasteiger partial charge is 0.168 e. The van der Waals surface area contributed by atoms with E-state index in [1.807, 2.05) is 6.92 Å². The lowest BCUT2D eigenvalue weighted by Crippen LogP contribution is -1.96. The van der Waals surface area contributed by atoms with Crippen molar-refractivity contribution < 1.29 is 14.9 Å². The van der Waals surface area contributed by atoms with E-state index in [2.05, 4.69) is 6.58 Å². The summed E-state index contributed by atoms with van der Waals surface area (Å²) in [7, 11) is 0. The summed E-state index contributed by atoms with van der Waals surface area (Å²) in [5.74, 6) is 0.500. The van der Waals surface area contributed by atoms with Gasteiger partial charge in [-0.3, -0.25) is 0 Å². The molecular formula is C11H14O3. The molecule has 0 saturated carbocycles. The highest BCUT2D eigenvalue weighted by atomic mass is 16.5. The summed E-state index contributed by atoms with van der Waals surface area (Å²) in [6.07, 6.45) is 2.12. The molecule has 0 aromatic heterocycles. The van der Waals surface area contributed by atoms with Crippen molar-refractivity contribution in [2.45, 2.75) is 13.3 Å². The van der Waals surface area contributed by atoms with E-state index in [0.29, 0.717) is 24.3 Å². The van der Waals surface area contributed by atoms with Crippen LogP contribution in [0.4, 0.5) is 0 Å². The molecule has 0 aliphatic heterocycles. The minimum Gasteiger partial charge on any atom is -0.508 e. The van der Waals surface area contributed by atoms with Crippen molar-refractivity contribution in [3.63, 3.8) is 0 Å². The Balaban J connectivity index is 3.18. The van der Waals surface area contributed by atoms with Crippen LogP contribution in [0.3, 0.4) is 0 Å². The predicted molar refractivity (Wildman–Crippen MR) is 54.8 cm³/mol. The Labute approximate surface area is 83.3 Å². The van der Waals surface area contributed by atoms with Crippen molar-refractivity contribution in [2.75, 3.05) is 6.61 Å². The van der Waals surface area contributed by atoms with Gasteiger partial charge in [-0.15, -0.1) is 6.58 Å². The van der Waals surface area contributed by atoms with Gasteiger partial charge in [0.05, 0.1) is 6.61 Å². The van der Waals surface area contributed by atoms with E-state index in [9.17, 15) is 10.2 Å². The maximum Gasteiger partial charge on any atom is 0.168 e. The standard InChI is InChI=1S/C11H14O3/c1-3-5-8-9(12)6-7-10(13)11(8)14-4-2/h3,6-7,12-13H,1,4-5H2,2H3. The van der Waals surface area contributed by atoms with Crippen molar-refractivity contribution in [3.05, 3.63) is 30.4 Å². The molecule has 0 unspecified atom stereocenters. The topological polar surface area (TPSA) is 49.7 Å². The quantitative estimate of drug-likeness (QED) is 0.570. The van der Waals surface area contributed by atoms with E-state index in [1.165, 1.54) is 12.1 Å². The van der Waals surface area contributed by atoms with Gasteiger partial charge >= 0.3 is 0 Å². The van der Waals surface area contributed by atoms with E-state index in [4.69, 9.17) is 4.74 Å². The number of aromatic hydroxyl groups is 2. The fraction of sp³-hybridized carbons (Fsp3) is 0.273. The molecule has 14 heavy (non-hydrogen) atoms. The summed E-state index contributed by atoms with van der Waals surface area (Å²) in [5.41, 5.74) is 0.571. The molecule has 1 aromatic carbocycles. The number of benzene rings is 1. The zero-order valence-electron chi connectivity index (χ0n) is 8.16. The maximum absolute atomic E-state index is 9.53. The van der Waals surface area contributed by atoms with Crippen LogP contribution in [0.1, 0.15) is 12.5 Å². The van der Waals surface area contributed by atoms with Crippen molar-refractivity contribution in [1.29, 1.82) is 0 Å². The highest BCUT2D eigenvalue weighted by molar-refractivity contribution is 5.53. The molecule has 0 saturated heterocycles.